The fourth-order valence-electron chi connectivity index (χ4n) is 5.17. The number of hydrogen-bond acceptors (Lipinski definition) is 5. The summed E-state index contributed by atoms with van der Waals surface area (Å²) in [5, 5.41) is 5.05. The number of fused-ring (bicyclic) bond motifs is 2. The Kier molecular flexibility index (Phi) is 8.49. The molecule has 0 aliphatic carbocycles. The number of ether oxygens (including phenoxy) is 1. The summed E-state index contributed by atoms with van der Waals surface area (Å²) >= 11 is 5.84. The summed E-state index contributed by atoms with van der Waals surface area (Å²) in [6.45, 7) is 3.88. The molecule has 7 nitrogen and oxygen atoms in total. The Hall–Kier alpha value is -3.15. The zero-order chi connectivity index (χ0) is 29.4. The van der Waals surface area contributed by atoms with Gasteiger partial charge in [0.15, 0.2) is 5.60 Å². The lowest BCUT2D eigenvalue weighted by molar-refractivity contribution is -0.149. The standard InChI is InChI=1S/C27H30ClF5N4O3/c1-14(27(31,32)33)35-24(38)15-4-9-22(34-13-15)37-18-6-7-19(37)12-17(11-18)36-25(39)26(2,3)40-21-8-5-16(28)10-20(21)23(29)30/h4-5,8-10,13-14,17-19,23H,6-7,11-12H2,1-3H3,(H,35,38)(H,36,39)/t14-,17?,18-,19+/m0/s1. The molecule has 218 valence electrons. The molecule has 4 rings (SSSR count). The molecule has 0 spiro atoms. The van der Waals surface area contributed by atoms with Crippen molar-refractivity contribution in [2.45, 2.75) is 88.8 Å². The van der Waals surface area contributed by atoms with Crippen molar-refractivity contribution in [1.82, 2.24) is 15.6 Å². The van der Waals surface area contributed by atoms with Gasteiger partial charge in [-0.2, -0.15) is 13.2 Å². The van der Waals surface area contributed by atoms with Crippen LogP contribution >= 0.6 is 11.6 Å². The van der Waals surface area contributed by atoms with Crippen molar-refractivity contribution in [3.8, 4) is 5.75 Å². The highest BCUT2D eigenvalue weighted by atomic mass is 35.5. The van der Waals surface area contributed by atoms with E-state index in [-0.39, 0.29) is 34.5 Å². The summed E-state index contributed by atoms with van der Waals surface area (Å²) in [5.41, 5.74) is -1.81. The molecule has 0 saturated carbocycles. The molecule has 2 amide bonds. The maximum atomic E-state index is 13.5. The van der Waals surface area contributed by atoms with E-state index in [2.05, 4.69) is 15.2 Å². The number of nitrogens with zero attached hydrogens (tertiary/aromatic N) is 2. The number of rotatable bonds is 8. The Morgan fingerprint density at radius 3 is 2.30 bits per heavy atom. The van der Waals surface area contributed by atoms with Gasteiger partial charge in [0.25, 0.3) is 18.2 Å². The first-order valence-electron chi connectivity index (χ1n) is 12.8. The number of amides is 2. The van der Waals surface area contributed by atoms with Crippen LogP contribution in [-0.2, 0) is 4.79 Å². The van der Waals surface area contributed by atoms with Gasteiger partial charge in [0.05, 0.1) is 11.1 Å². The van der Waals surface area contributed by atoms with Crippen molar-refractivity contribution in [3.05, 3.63) is 52.7 Å². The molecule has 2 N–H and O–H groups in total. The largest absolute Gasteiger partial charge is 0.478 e. The van der Waals surface area contributed by atoms with Crippen LogP contribution in [0.4, 0.5) is 27.8 Å². The molecule has 2 aliphatic heterocycles. The minimum Gasteiger partial charge on any atom is -0.478 e. The van der Waals surface area contributed by atoms with E-state index >= 15 is 0 Å². The van der Waals surface area contributed by atoms with E-state index in [4.69, 9.17) is 16.3 Å². The van der Waals surface area contributed by atoms with Gasteiger partial charge < -0.3 is 20.3 Å². The monoisotopic (exact) mass is 588 g/mol. The van der Waals surface area contributed by atoms with Crippen LogP contribution in [0, 0.1) is 0 Å². The molecule has 1 aromatic carbocycles. The number of piperidine rings is 1. The number of carbonyl (C=O) groups is 2. The summed E-state index contributed by atoms with van der Waals surface area (Å²) in [6, 6.07) is 4.82. The van der Waals surface area contributed by atoms with Crippen molar-refractivity contribution in [2.24, 2.45) is 0 Å². The van der Waals surface area contributed by atoms with Crippen LogP contribution in [0.2, 0.25) is 5.02 Å². The van der Waals surface area contributed by atoms with E-state index in [9.17, 15) is 31.5 Å². The Morgan fingerprint density at radius 1 is 1.10 bits per heavy atom. The lowest BCUT2D eigenvalue weighted by atomic mass is 9.96. The van der Waals surface area contributed by atoms with Crippen LogP contribution in [0.1, 0.15) is 68.8 Å². The maximum absolute atomic E-state index is 13.5. The third-order valence-electron chi connectivity index (χ3n) is 7.30. The highest BCUT2D eigenvalue weighted by Gasteiger charge is 2.43. The second kappa shape index (κ2) is 11.4. The smallest absolute Gasteiger partial charge is 0.408 e. The van der Waals surface area contributed by atoms with Crippen molar-refractivity contribution in [3.63, 3.8) is 0 Å². The number of pyridine rings is 1. The molecule has 4 atom stereocenters. The first-order valence-corrected chi connectivity index (χ1v) is 13.2. The van der Waals surface area contributed by atoms with Gasteiger partial charge >= 0.3 is 6.18 Å². The molecular formula is C27H30ClF5N4O3. The summed E-state index contributed by atoms with van der Waals surface area (Å²) in [6.07, 6.45) is -3.20. The summed E-state index contributed by atoms with van der Waals surface area (Å²) in [5.74, 6) is -0.825. The van der Waals surface area contributed by atoms with Crippen LogP contribution in [-0.4, -0.2) is 52.7 Å². The number of alkyl halides is 5. The molecule has 2 bridgehead atoms. The maximum Gasteiger partial charge on any atom is 0.408 e. The first-order chi connectivity index (χ1) is 18.7. The molecule has 3 heterocycles. The molecule has 40 heavy (non-hydrogen) atoms. The van der Waals surface area contributed by atoms with E-state index in [1.54, 1.807) is 6.07 Å². The van der Waals surface area contributed by atoms with Gasteiger partial charge in [0, 0.05) is 29.3 Å². The molecule has 2 aliphatic rings. The van der Waals surface area contributed by atoms with Crippen molar-refractivity contribution < 1.29 is 36.3 Å². The summed E-state index contributed by atoms with van der Waals surface area (Å²) in [7, 11) is 0. The fourth-order valence-corrected chi connectivity index (χ4v) is 5.35. The van der Waals surface area contributed by atoms with Crippen LogP contribution < -0.4 is 20.3 Å². The number of anilines is 1. The average molecular weight is 589 g/mol. The van der Waals surface area contributed by atoms with Crippen LogP contribution in [0.15, 0.2) is 36.5 Å². The van der Waals surface area contributed by atoms with Gasteiger partial charge in [-0.15, -0.1) is 0 Å². The van der Waals surface area contributed by atoms with E-state index in [0.717, 1.165) is 25.8 Å². The van der Waals surface area contributed by atoms with Crippen molar-refractivity contribution in [1.29, 1.82) is 0 Å². The SMILES string of the molecule is C[C@H](NC(=O)c1ccc(N2[C@@H]3CC[C@H]2CC(NC(=O)C(C)(C)Oc2ccc(Cl)cc2C(F)F)C3)nc1)C(F)(F)F. The quantitative estimate of drug-likeness (QED) is 0.379. The molecule has 0 radical (unpaired) electrons. The van der Waals surface area contributed by atoms with E-state index in [1.165, 1.54) is 38.2 Å². The van der Waals surface area contributed by atoms with Gasteiger partial charge in [0.2, 0.25) is 0 Å². The highest BCUT2D eigenvalue weighted by Crippen LogP contribution is 2.39. The van der Waals surface area contributed by atoms with Crippen molar-refractivity contribution >= 4 is 29.2 Å². The van der Waals surface area contributed by atoms with Gasteiger partial charge in [0.1, 0.15) is 17.6 Å². The number of carbonyl (C=O) groups excluding carboxylic acids is 2. The Labute approximate surface area is 233 Å². The molecule has 1 unspecified atom stereocenters. The van der Waals surface area contributed by atoms with Gasteiger partial charge in [-0.05, 0) is 76.8 Å². The number of aromatic nitrogens is 1. The summed E-state index contributed by atoms with van der Waals surface area (Å²) in [4.78, 5) is 31.8. The number of hydrogen-bond donors (Lipinski definition) is 2. The minimum absolute atomic E-state index is 0.0206. The molecule has 2 saturated heterocycles. The zero-order valence-electron chi connectivity index (χ0n) is 22.1. The lowest BCUT2D eigenvalue weighted by Gasteiger charge is -2.41. The first kappa shape index (κ1) is 29.8. The summed E-state index contributed by atoms with van der Waals surface area (Å²) < 4.78 is 70.9. The fraction of sp³-hybridized carbons (Fsp3) is 0.519. The molecule has 1 aromatic heterocycles. The normalized spacial score (nSPS) is 21.8. The molecule has 2 fully saturated rings. The predicted molar refractivity (Wildman–Crippen MR) is 139 cm³/mol. The number of nitrogens with one attached hydrogen (secondary N) is 2. The van der Waals surface area contributed by atoms with Crippen LogP contribution in [0.3, 0.4) is 0 Å². The number of halogens is 6. The van der Waals surface area contributed by atoms with Crippen LogP contribution in [0.5, 0.6) is 5.75 Å². The molecular weight excluding hydrogens is 559 g/mol. The van der Waals surface area contributed by atoms with Gasteiger partial charge in [-0.25, -0.2) is 13.8 Å². The van der Waals surface area contributed by atoms with Crippen molar-refractivity contribution in [2.75, 3.05) is 4.90 Å². The Balaban J connectivity index is 1.37. The zero-order valence-corrected chi connectivity index (χ0v) is 22.8. The second-order valence-electron chi connectivity index (χ2n) is 10.7. The highest BCUT2D eigenvalue weighted by molar-refractivity contribution is 6.30. The number of benzene rings is 1. The Bertz CT molecular complexity index is 1230. The predicted octanol–water partition coefficient (Wildman–Crippen LogP) is 5.83. The average Bonchev–Trinajstić information content (AvgIpc) is 3.14. The third kappa shape index (κ3) is 6.59. The second-order valence-corrected chi connectivity index (χ2v) is 11.1. The molecule has 2 aromatic rings. The van der Waals surface area contributed by atoms with Crippen LogP contribution in [0.25, 0.3) is 0 Å². The van der Waals surface area contributed by atoms with Gasteiger partial charge in [-0.3, -0.25) is 9.59 Å². The van der Waals surface area contributed by atoms with Gasteiger partial charge in [-0.1, -0.05) is 11.6 Å². The molecule has 13 heteroatoms. The minimum atomic E-state index is -4.55. The topological polar surface area (TPSA) is 83.6 Å². The van der Waals surface area contributed by atoms with E-state index in [1.807, 2.05) is 5.32 Å². The van der Waals surface area contributed by atoms with E-state index < -0.39 is 41.6 Å². The lowest BCUT2D eigenvalue weighted by Crippen LogP contribution is -2.55. The van der Waals surface area contributed by atoms with E-state index in [0.29, 0.717) is 18.7 Å². The Morgan fingerprint density at radius 2 is 1.75 bits per heavy atom. The third-order valence-corrected chi connectivity index (χ3v) is 7.54.